The Morgan fingerprint density at radius 3 is 2.20 bits per heavy atom. The van der Waals surface area contributed by atoms with Crippen molar-refractivity contribution in [3.8, 4) is 5.75 Å². The van der Waals surface area contributed by atoms with Gasteiger partial charge in [-0.25, -0.2) is 0 Å². The Bertz CT molecular complexity index is 864. The van der Waals surface area contributed by atoms with Crippen LogP contribution >= 0.6 is 0 Å². The van der Waals surface area contributed by atoms with Crippen LogP contribution in [0.5, 0.6) is 5.75 Å². The molecular formula is C19H22O5S. The van der Waals surface area contributed by atoms with Gasteiger partial charge in [-0.15, -0.1) is 0 Å². The van der Waals surface area contributed by atoms with Gasteiger partial charge < -0.3 is 5.11 Å². The van der Waals surface area contributed by atoms with Crippen LogP contribution in [0.1, 0.15) is 36.7 Å². The Hall–Kier alpha value is -2.18. The molecule has 0 heterocycles. The molecule has 0 saturated carbocycles. The fourth-order valence-corrected chi connectivity index (χ4v) is 3.72. The Morgan fingerprint density at radius 1 is 1.04 bits per heavy atom. The highest BCUT2D eigenvalue weighted by Crippen LogP contribution is 2.33. The zero-order valence-electron chi connectivity index (χ0n) is 14.7. The minimum absolute atomic E-state index is 0.345. The third kappa shape index (κ3) is 4.27. The van der Waals surface area contributed by atoms with E-state index in [-0.39, 0.29) is 10.6 Å². The maximum atomic E-state index is 12.8. The summed E-state index contributed by atoms with van der Waals surface area (Å²) in [5, 5.41) is 10.1. The van der Waals surface area contributed by atoms with E-state index in [1.807, 2.05) is 0 Å². The topological polar surface area (TPSA) is 80.7 Å². The molecule has 0 bridgehead atoms. The molecule has 6 heteroatoms. The predicted octanol–water partition coefficient (Wildman–Crippen LogP) is 3.70. The van der Waals surface area contributed by atoms with Gasteiger partial charge in [-0.1, -0.05) is 63.2 Å². The van der Waals surface area contributed by atoms with Crippen molar-refractivity contribution in [1.82, 2.24) is 0 Å². The van der Waals surface area contributed by atoms with Crippen LogP contribution < -0.4 is 0 Å². The van der Waals surface area contributed by atoms with Gasteiger partial charge in [-0.3, -0.25) is 8.98 Å². The Labute approximate surface area is 148 Å². The Balaban J connectivity index is 2.44. The molecule has 0 spiro atoms. The number of carbonyl (C=O) groups is 1. The van der Waals surface area contributed by atoms with Gasteiger partial charge in [0.1, 0.15) is 16.7 Å². The van der Waals surface area contributed by atoms with Gasteiger partial charge in [0.2, 0.25) is 0 Å². The monoisotopic (exact) mass is 362 g/mol. The molecule has 1 N–H and O–H groups in total. The summed E-state index contributed by atoms with van der Waals surface area (Å²) in [7, 11) is -4.32. The summed E-state index contributed by atoms with van der Waals surface area (Å²) in [5.41, 5.74) is 0.0110. The van der Waals surface area contributed by atoms with Crippen molar-refractivity contribution in [3.05, 3.63) is 59.7 Å². The standard InChI is InChI=1S/C19H22O5S/c1-13-9-8-12-15(16(13)20)25(22,23)24-18(19(2,3)4)17(21)14-10-6-5-7-11-14/h5-12,18,20H,1-4H3. The molecule has 0 saturated heterocycles. The van der Waals surface area contributed by atoms with Gasteiger partial charge >= 0.3 is 10.1 Å². The summed E-state index contributed by atoms with van der Waals surface area (Å²) in [5.74, 6) is -0.800. The van der Waals surface area contributed by atoms with Gasteiger partial charge in [0.05, 0.1) is 0 Å². The zero-order valence-corrected chi connectivity index (χ0v) is 15.5. The highest BCUT2D eigenvalue weighted by Gasteiger charge is 2.38. The molecule has 0 aliphatic carbocycles. The summed E-state index contributed by atoms with van der Waals surface area (Å²) in [6.07, 6.45) is -1.22. The minimum Gasteiger partial charge on any atom is -0.506 e. The lowest BCUT2D eigenvalue weighted by Crippen LogP contribution is -2.38. The van der Waals surface area contributed by atoms with Crippen molar-refractivity contribution < 1.29 is 22.5 Å². The van der Waals surface area contributed by atoms with Crippen molar-refractivity contribution in [3.63, 3.8) is 0 Å². The molecule has 1 atom stereocenters. The van der Waals surface area contributed by atoms with E-state index < -0.39 is 27.4 Å². The molecule has 2 aromatic rings. The molecule has 0 aromatic heterocycles. The zero-order chi connectivity index (χ0) is 18.8. The number of aryl methyl sites for hydroxylation is 1. The first kappa shape index (κ1) is 19.1. The van der Waals surface area contributed by atoms with E-state index >= 15 is 0 Å². The molecule has 0 aliphatic rings. The first-order valence-electron chi connectivity index (χ1n) is 7.85. The molecule has 25 heavy (non-hydrogen) atoms. The van der Waals surface area contributed by atoms with Crippen LogP contribution in [0.4, 0.5) is 0 Å². The van der Waals surface area contributed by atoms with Gasteiger partial charge in [0, 0.05) is 5.56 Å². The number of benzene rings is 2. The van der Waals surface area contributed by atoms with Crippen molar-refractivity contribution in [1.29, 1.82) is 0 Å². The van der Waals surface area contributed by atoms with Gasteiger partial charge in [-0.05, 0) is 24.0 Å². The van der Waals surface area contributed by atoms with Crippen LogP contribution in [0.2, 0.25) is 0 Å². The summed E-state index contributed by atoms with van der Waals surface area (Å²) in [6, 6.07) is 12.8. The number of rotatable bonds is 5. The summed E-state index contributed by atoms with van der Waals surface area (Å²) < 4.78 is 30.6. The number of phenols is 1. The van der Waals surface area contributed by atoms with E-state index in [2.05, 4.69) is 0 Å². The van der Waals surface area contributed by atoms with Crippen molar-refractivity contribution in [2.24, 2.45) is 5.41 Å². The second-order valence-corrected chi connectivity index (χ2v) is 8.49. The molecule has 2 aromatic carbocycles. The summed E-state index contributed by atoms with van der Waals surface area (Å²) >= 11 is 0. The smallest absolute Gasteiger partial charge is 0.301 e. The molecule has 5 nitrogen and oxygen atoms in total. The number of hydrogen-bond acceptors (Lipinski definition) is 5. The molecule has 2 rings (SSSR count). The summed E-state index contributed by atoms with van der Waals surface area (Å²) in [6.45, 7) is 6.77. The SMILES string of the molecule is Cc1cccc(S(=O)(=O)OC(C(=O)c2ccccc2)C(C)(C)C)c1O. The fourth-order valence-electron chi connectivity index (χ4n) is 2.35. The fraction of sp³-hybridized carbons (Fsp3) is 0.316. The lowest BCUT2D eigenvalue weighted by atomic mass is 9.84. The van der Waals surface area contributed by atoms with E-state index in [0.29, 0.717) is 11.1 Å². The predicted molar refractivity (Wildman–Crippen MR) is 95.1 cm³/mol. The van der Waals surface area contributed by atoms with Gasteiger partial charge in [-0.2, -0.15) is 8.42 Å². The maximum Gasteiger partial charge on any atom is 0.301 e. The second-order valence-electron chi connectivity index (χ2n) is 6.95. The average molecular weight is 362 g/mol. The quantitative estimate of drug-likeness (QED) is 0.648. The van der Waals surface area contributed by atoms with Crippen LogP contribution in [0.3, 0.4) is 0 Å². The molecule has 0 radical (unpaired) electrons. The Morgan fingerprint density at radius 2 is 1.64 bits per heavy atom. The second kappa shape index (κ2) is 6.98. The molecule has 1 unspecified atom stereocenters. The van der Waals surface area contributed by atoms with Crippen LogP contribution in [-0.4, -0.2) is 25.4 Å². The largest absolute Gasteiger partial charge is 0.506 e. The number of phenolic OH excluding ortho intramolecular Hbond substituents is 1. The third-order valence-corrected chi connectivity index (χ3v) is 5.09. The Kier molecular flexibility index (Phi) is 5.34. The number of hydrogen-bond donors (Lipinski definition) is 1. The minimum atomic E-state index is -4.32. The summed E-state index contributed by atoms with van der Waals surface area (Å²) in [4.78, 5) is 12.5. The van der Waals surface area contributed by atoms with Crippen LogP contribution in [-0.2, 0) is 14.3 Å². The van der Waals surface area contributed by atoms with E-state index in [4.69, 9.17) is 4.18 Å². The van der Waals surface area contributed by atoms with Gasteiger partial charge in [0.25, 0.3) is 0 Å². The first-order chi connectivity index (χ1) is 11.5. The van der Waals surface area contributed by atoms with E-state index in [1.54, 1.807) is 64.1 Å². The highest BCUT2D eigenvalue weighted by molar-refractivity contribution is 7.87. The van der Waals surface area contributed by atoms with Crippen molar-refractivity contribution >= 4 is 15.9 Å². The lowest BCUT2D eigenvalue weighted by molar-refractivity contribution is 0.0561. The molecule has 0 aliphatic heterocycles. The number of Topliss-reactive ketones (excluding diaryl/α,β-unsaturated/α-hetero) is 1. The maximum absolute atomic E-state index is 12.8. The van der Waals surface area contributed by atoms with Gasteiger partial charge in [0.15, 0.2) is 5.78 Å². The van der Waals surface area contributed by atoms with Crippen LogP contribution in [0, 0.1) is 12.3 Å². The van der Waals surface area contributed by atoms with Crippen LogP contribution in [0.15, 0.2) is 53.4 Å². The number of carbonyl (C=O) groups excluding carboxylic acids is 1. The molecule has 134 valence electrons. The van der Waals surface area contributed by atoms with Crippen molar-refractivity contribution in [2.45, 2.75) is 38.7 Å². The van der Waals surface area contributed by atoms with Crippen molar-refractivity contribution in [2.75, 3.05) is 0 Å². The first-order valence-corrected chi connectivity index (χ1v) is 9.26. The van der Waals surface area contributed by atoms with E-state index in [0.717, 1.165) is 0 Å². The number of aromatic hydroxyl groups is 1. The third-order valence-electron chi connectivity index (χ3n) is 3.78. The molecular weight excluding hydrogens is 340 g/mol. The normalized spacial score (nSPS) is 13.4. The molecule has 0 amide bonds. The van der Waals surface area contributed by atoms with E-state index in [9.17, 15) is 18.3 Å². The molecule has 0 fully saturated rings. The number of para-hydroxylation sites is 1. The average Bonchev–Trinajstić information content (AvgIpc) is 2.54. The highest BCUT2D eigenvalue weighted by atomic mass is 32.2. The number of ketones is 1. The lowest BCUT2D eigenvalue weighted by Gasteiger charge is -2.29. The van der Waals surface area contributed by atoms with E-state index in [1.165, 1.54) is 12.1 Å². The van der Waals surface area contributed by atoms with Crippen LogP contribution in [0.25, 0.3) is 0 Å².